The molecule has 0 spiro atoms. The summed E-state index contributed by atoms with van der Waals surface area (Å²) in [5.41, 5.74) is 10.4. The van der Waals surface area contributed by atoms with Gasteiger partial charge < -0.3 is 20.9 Å². The largest absolute Gasteiger partial charge is 0.388 e. The minimum Gasteiger partial charge on any atom is -0.388 e. The van der Waals surface area contributed by atoms with E-state index in [1.807, 2.05) is 56.1 Å². The minimum atomic E-state index is -0.0281. The predicted octanol–water partition coefficient (Wildman–Crippen LogP) is 2.34. The number of nitrogens with zero attached hydrogens (tertiary/aromatic N) is 1. The molecular weight excluding hydrogens is 264 g/mol. The average Bonchev–Trinajstić information content (AvgIpc) is 2.50. The van der Waals surface area contributed by atoms with E-state index >= 15 is 0 Å². The highest BCUT2D eigenvalue weighted by Crippen LogP contribution is 2.28. The summed E-state index contributed by atoms with van der Waals surface area (Å²) in [6.07, 6.45) is 0.692. The van der Waals surface area contributed by atoms with Gasteiger partial charge in [-0.1, -0.05) is 13.0 Å². The lowest BCUT2D eigenvalue weighted by molar-refractivity contribution is 0.944. The zero-order valence-electron chi connectivity index (χ0n) is 12.7. The van der Waals surface area contributed by atoms with Crippen molar-refractivity contribution < 1.29 is 0 Å². The highest BCUT2D eigenvalue weighted by molar-refractivity contribution is 5.68. The number of nitrogens with one attached hydrogen (secondary N) is 2. The van der Waals surface area contributed by atoms with Gasteiger partial charge in [-0.05, 0) is 37.6 Å². The van der Waals surface area contributed by atoms with Crippen LogP contribution >= 0.6 is 0 Å². The number of benzene rings is 1. The van der Waals surface area contributed by atoms with Gasteiger partial charge in [0.1, 0.15) is 0 Å². The Hall–Kier alpha value is -2.27. The molecule has 0 aliphatic heterocycles. The van der Waals surface area contributed by atoms with E-state index in [0.717, 1.165) is 28.3 Å². The van der Waals surface area contributed by atoms with E-state index in [2.05, 4.69) is 10.3 Å². The molecule has 21 heavy (non-hydrogen) atoms. The van der Waals surface area contributed by atoms with Gasteiger partial charge in [-0.3, -0.25) is 4.79 Å². The van der Waals surface area contributed by atoms with Crippen LogP contribution < -0.4 is 21.5 Å². The molecule has 0 unspecified atom stereocenters. The molecule has 0 aliphatic rings. The molecular formula is C16H22N4O. The summed E-state index contributed by atoms with van der Waals surface area (Å²) < 4.78 is 0. The van der Waals surface area contributed by atoms with E-state index < -0.39 is 0 Å². The molecule has 0 saturated heterocycles. The Morgan fingerprint density at radius 3 is 2.71 bits per heavy atom. The lowest BCUT2D eigenvalue weighted by Gasteiger charge is -2.25. The third-order valence-corrected chi connectivity index (χ3v) is 3.59. The van der Waals surface area contributed by atoms with E-state index in [1.54, 1.807) is 0 Å². The molecule has 0 radical (unpaired) electrons. The van der Waals surface area contributed by atoms with Crippen LogP contribution in [0.4, 0.5) is 17.1 Å². The summed E-state index contributed by atoms with van der Waals surface area (Å²) in [6, 6.07) is 9.93. The molecule has 4 N–H and O–H groups in total. The Labute approximate surface area is 124 Å². The van der Waals surface area contributed by atoms with Gasteiger partial charge in [-0.25, -0.2) is 0 Å². The van der Waals surface area contributed by atoms with Crippen LogP contribution in [0, 0.1) is 6.92 Å². The highest BCUT2D eigenvalue weighted by Gasteiger charge is 2.13. The monoisotopic (exact) mass is 286 g/mol. The van der Waals surface area contributed by atoms with Crippen molar-refractivity contribution >= 4 is 17.1 Å². The van der Waals surface area contributed by atoms with Gasteiger partial charge in [-0.15, -0.1) is 0 Å². The lowest BCUT2D eigenvalue weighted by atomic mass is 10.1. The fourth-order valence-corrected chi connectivity index (χ4v) is 2.37. The van der Waals surface area contributed by atoms with Crippen molar-refractivity contribution in [3.8, 4) is 0 Å². The molecule has 2 rings (SSSR count). The van der Waals surface area contributed by atoms with Crippen molar-refractivity contribution in [1.82, 2.24) is 4.98 Å². The van der Waals surface area contributed by atoms with Gasteiger partial charge in [-0.2, -0.15) is 0 Å². The molecule has 0 aliphatic carbocycles. The van der Waals surface area contributed by atoms with Crippen LogP contribution in [0.5, 0.6) is 0 Å². The summed E-state index contributed by atoms with van der Waals surface area (Å²) in [6.45, 7) is 4.20. The van der Waals surface area contributed by atoms with Gasteiger partial charge in [0.2, 0.25) is 0 Å². The number of hydrogen-bond donors (Lipinski definition) is 3. The SMILES string of the molecule is CCc1cc(N(CN)c2cccc(NC)c2)c(C)[nH]c1=O. The maximum atomic E-state index is 11.9. The maximum absolute atomic E-state index is 11.9. The number of aromatic amines is 1. The van der Waals surface area contributed by atoms with Crippen LogP contribution in [0.2, 0.25) is 0 Å². The van der Waals surface area contributed by atoms with Gasteiger partial charge in [0, 0.05) is 29.7 Å². The van der Waals surface area contributed by atoms with Crippen LogP contribution in [0.3, 0.4) is 0 Å². The number of nitrogens with two attached hydrogens (primary N) is 1. The molecule has 5 heteroatoms. The fraction of sp³-hybridized carbons (Fsp3) is 0.312. The first-order valence-electron chi connectivity index (χ1n) is 7.09. The topological polar surface area (TPSA) is 74.2 Å². The second-order valence-corrected chi connectivity index (χ2v) is 4.90. The van der Waals surface area contributed by atoms with Crippen LogP contribution in [0.1, 0.15) is 18.2 Å². The third kappa shape index (κ3) is 3.08. The first kappa shape index (κ1) is 15.1. The smallest absolute Gasteiger partial charge is 0.251 e. The quantitative estimate of drug-likeness (QED) is 0.738. The van der Waals surface area contributed by atoms with E-state index in [0.29, 0.717) is 13.1 Å². The van der Waals surface area contributed by atoms with Crippen molar-refractivity contribution in [1.29, 1.82) is 0 Å². The van der Waals surface area contributed by atoms with Crippen LogP contribution in [0.15, 0.2) is 35.1 Å². The first-order valence-corrected chi connectivity index (χ1v) is 7.09. The normalized spacial score (nSPS) is 10.5. The number of pyridine rings is 1. The predicted molar refractivity (Wildman–Crippen MR) is 88.4 cm³/mol. The second kappa shape index (κ2) is 6.45. The van der Waals surface area contributed by atoms with Gasteiger partial charge in [0.05, 0.1) is 12.4 Å². The maximum Gasteiger partial charge on any atom is 0.251 e. The van der Waals surface area contributed by atoms with Crippen molar-refractivity contribution in [2.24, 2.45) is 5.73 Å². The van der Waals surface area contributed by atoms with E-state index in [9.17, 15) is 4.79 Å². The molecule has 1 aromatic heterocycles. The summed E-state index contributed by atoms with van der Waals surface area (Å²) in [4.78, 5) is 16.8. The molecule has 112 valence electrons. The molecule has 0 bridgehead atoms. The van der Waals surface area contributed by atoms with Crippen LogP contribution in [-0.2, 0) is 6.42 Å². The number of hydrogen-bond acceptors (Lipinski definition) is 4. The van der Waals surface area contributed by atoms with E-state index in [-0.39, 0.29) is 5.56 Å². The fourth-order valence-electron chi connectivity index (χ4n) is 2.37. The van der Waals surface area contributed by atoms with Crippen molar-refractivity contribution in [3.63, 3.8) is 0 Å². The summed E-state index contributed by atoms with van der Waals surface area (Å²) in [5, 5.41) is 3.12. The molecule has 0 saturated carbocycles. The number of aryl methyl sites for hydroxylation is 2. The van der Waals surface area contributed by atoms with Crippen molar-refractivity contribution in [3.05, 3.63) is 51.9 Å². The number of aromatic nitrogens is 1. The Bertz CT molecular complexity index is 678. The third-order valence-electron chi connectivity index (χ3n) is 3.59. The zero-order chi connectivity index (χ0) is 15.4. The van der Waals surface area contributed by atoms with E-state index in [1.165, 1.54) is 0 Å². The number of anilines is 3. The molecule has 0 atom stereocenters. The van der Waals surface area contributed by atoms with Gasteiger partial charge in [0.25, 0.3) is 5.56 Å². The first-order chi connectivity index (χ1) is 10.1. The Morgan fingerprint density at radius 1 is 1.33 bits per heavy atom. The molecule has 0 amide bonds. The Morgan fingerprint density at radius 2 is 2.10 bits per heavy atom. The minimum absolute atomic E-state index is 0.0281. The molecule has 0 fully saturated rings. The summed E-state index contributed by atoms with van der Waals surface area (Å²) in [7, 11) is 1.88. The zero-order valence-corrected chi connectivity index (χ0v) is 12.7. The van der Waals surface area contributed by atoms with Gasteiger partial charge in [0.15, 0.2) is 0 Å². The lowest BCUT2D eigenvalue weighted by Crippen LogP contribution is -2.27. The summed E-state index contributed by atoms with van der Waals surface area (Å²) >= 11 is 0. The standard InChI is InChI=1S/C16H22N4O/c1-4-12-8-15(11(2)19-16(12)21)20(10-17)14-7-5-6-13(9-14)18-3/h5-9,18H,4,10,17H2,1-3H3,(H,19,21). The molecule has 1 aromatic carbocycles. The number of H-pyrrole nitrogens is 1. The molecule has 5 nitrogen and oxygen atoms in total. The van der Waals surface area contributed by atoms with Gasteiger partial charge >= 0.3 is 0 Å². The molecule has 1 heterocycles. The Balaban J connectivity index is 2.52. The van der Waals surface area contributed by atoms with Crippen LogP contribution in [0.25, 0.3) is 0 Å². The van der Waals surface area contributed by atoms with E-state index in [4.69, 9.17) is 5.73 Å². The summed E-state index contributed by atoms with van der Waals surface area (Å²) in [5.74, 6) is 0. The average molecular weight is 286 g/mol. The Kier molecular flexibility index (Phi) is 4.65. The molecule has 2 aromatic rings. The second-order valence-electron chi connectivity index (χ2n) is 4.90. The van der Waals surface area contributed by atoms with Crippen molar-refractivity contribution in [2.45, 2.75) is 20.3 Å². The highest BCUT2D eigenvalue weighted by atomic mass is 16.1. The van der Waals surface area contributed by atoms with Crippen LogP contribution in [-0.4, -0.2) is 18.7 Å². The number of rotatable bonds is 5. The van der Waals surface area contributed by atoms with Crippen molar-refractivity contribution in [2.75, 3.05) is 23.9 Å².